The van der Waals surface area contributed by atoms with Gasteiger partial charge in [-0.1, -0.05) is 53.3 Å². The molecule has 3 heterocycles. The van der Waals surface area contributed by atoms with Crippen molar-refractivity contribution in [3.8, 4) is 11.3 Å². The molecule has 8 nitrogen and oxygen atoms in total. The molecule has 4 aromatic rings. The second-order valence-electron chi connectivity index (χ2n) is 8.41. The zero-order valence-electron chi connectivity index (χ0n) is 20.3. The van der Waals surface area contributed by atoms with Gasteiger partial charge in [0, 0.05) is 16.7 Å². The van der Waals surface area contributed by atoms with Crippen LogP contribution in [0.15, 0.2) is 86.1 Å². The highest BCUT2D eigenvalue weighted by atomic mass is 35.5. The lowest BCUT2D eigenvalue weighted by atomic mass is 9.96. The van der Waals surface area contributed by atoms with Gasteiger partial charge in [0.2, 0.25) is 0 Å². The van der Waals surface area contributed by atoms with Crippen LogP contribution in [-0.4, -0.2) is 28.2 Å². The van der Waals surface area contributed by atoms with Gasteiger partial charge < -0.3 is 14.3 Å². The standard InChI is InChI=1S/C28H21ClN2O6S/c1-3-36-27(35)23-15(2)30-28-31(24(23)19-6-4-5-7-20(19)29)25(32)22(38-28)14-18-12-13-21(37-18)16-8-10-17(11-9-16)26(33)34/h4-14,24H,3H2,1-2H3,(H,33,34)/b22-14-/t24-/m1/s1. The highest BCUT2D eigenvalue weighted by Gasteiger charge is 2.34. The number of benzene rings is 2. The molecule has 2 aromatic carbocycles. The zero-order valence-corrected chi connectivity index (χ0v) is 21.9. The Morgan fingerprint density at radius 1 is 1.16 bits per heavy atom. The number of halogens is 1. The number of esters is 1. The Bertz CT molecular complexity index is 1780. The minimum Gasteiger partial charge on any atom is -0.478 e. The molecule has 1 aliphatic rings. The monoisotopic (exact) mass is 548 g/mol. The molecule has 192 valence electrons. The maximum absolute atomic E-state index is 13.7. The first-order chi connectivity index (χ1) is 18.3. The van der Waals surface area contributed by atoms with Crippen molar-refractivity contribution in [3.63, 3.8) is 0 Å². The summed E-state index contributed by atoms with van der Waals surface area (Å²) in [6, 6.07) is 16.0. The van der Waals surface area contributed by atoms with E-state index in [4.69, 9.17) is 25.9 Å². The summed E-state index contributed by atoms with van der Waals surface area (Å²) in [5.41, 5.74) is 1.81. The third kappa shape index (κ3) is 4.62. The van der Waals surface area contributed by atoms with E-state index in [9.17, 15) is 14.4 Å². The van der Waals surface area contributed by atoms with Crippen molar-refractivity contribution in [2.24, 2.45) is 4.99 Å². The Labute approximate surface area is 225 Å². The van der Waals surface area contributed by atoms with Crippen LogP contribution < -0.4 is 14.9 Å². The number of aromatic carboxylic acids is 1. The van der Waals surface area contributed by atoms with E-state index >= 15 is 0 Å². The molecule has 0 unspecified atom stereocenters. The van der Waals surface area contributed by atoms with E-state index in [1.54, 1.807) is 68.5 Å². The molecule has 0 bridgehead atoms. The zero-order chi connectivity index (χ0) is 27.0. The third-order valence-corrected chi connectivity index (χ3v) is 7.36. The topological polar surface area (TPSA) is 111 Å². The highest BCUT2D eigenvalue weighted by Crippen LogP contribution is 2.34. The van der Waals surface area contributed by atoms with Crippen LogP contribution in [0.3, 0.4) is 0 Å². The fourth-order valence-corrected chi connectivity index (χ4v) is 5.54. The number of allylic oxidation sites excluding steroid dienone is 1. The Morgan fingerprint density at radius 2 is 1.89 bits per heavy atom. The number of hydrogen-bond acceptors (Lipinski definition) is 7. The number of ether oxygens (including phenoxy) is 1. The van der Waals surface area contributed by atoms with Crippen molar-refractivity contribution >= 4 is 41.0 Å². The van der Waals surface area contributed by atoms with Crippen molar-refractivity contribution in [2.75, 3.05) is 6.61 Å². The van der Waals surface area contributed by atoms with Gasteiger partial charge in [0.1, 0.15) is 17.6 Å². The molecule has 10 heteroatoms. The van der Waals surface area contributed by atoms with Gasteiger partial charge in [-0.05, 0) is 49.7 Å². The number of fused-ring (bicyclic) bond motifs is 1. The van der Waals surface area contributed by atoms with Gasteiger partial charge in [-0.15, -0.1) is 0 Å². The Hall–Kier alpha value is -4.21. The van der Waals surface area contributed by atoms with Gasteiger partial charge in [0.05, 0.1) is 28.0 Å². The van der Waals surface area contributed by atoms with Gasteiger partial charge in [-0.25, -0.2) is 14.6 Å². The number of hydrogen-bond donors (Lipinski definition) is 1. The van der Waals surface area contributed by atoms with Gasteiger partial charge >= 0.3 is 11.9 Å². The molecule has 0 saturated heterocycles. The lowest BCUT2D eigenvalue weighted by molar-refractivity contribution is -0.139. The molecule has 5 rings (SSSR count). The number of nitrogens with zero attached hydrogens (tertiary/aromatic N) is 2. The molecule has 0 fully saturated rings. The SMILES string of the molecule is CCOC(=O)C1=C(C)N=c2s/c(=C\c3ccc(-c4ccc(C(=O)O)cc4)o3)c(=O)n2[C@@H]1c1ccccc1Cl. The smallest absolute Gasteiger partial charge is 0.338 e. The number of carboxylic acid groups (broad SMARTS) is 1. The summed E-state index contributed by atoms with van der Waals surface area (Å²) in [5.74, 6) is -0.611. The highest BCUT2D eigenvalue weighted by molar-refractivity contribution is 7.07. The quantitative estimate of drug-likeness (QED) is 0.357. The van der Waals surface area contributed by atoms with Gasteiger partial charge in [-0.3, -0.25) is 9.36 Å². The van der Waals surface area contributed by atoms with E-state index in [1.807, 2.05) is 0 Å². The fourth-order valence-electron chi connectivity index (χ4n) is 4.27. The average molecular weight is 549 g/mol. The van der Waals surface area contributed by atoms with E-state index in [1.165, 1.54) is 28.0 Å². The van der Waals surface area contributed by atoms with Crippen LogP contribution >= 0.6 is 22.9 Å². The number of furan rings is 1. The molecule has 0 spiro atoms. The molecular weight excluding hydrogens is 528 g/mol. The molecular formula is C28H21ClN2O6S. The summed E-state index contributed by atoms with van der Waals surface area (Å²) in [4.78, 5) is 42.7. The molecule has 2 aromatic heterocycles. The van der Waals surface area contributed by atoms with Crippen molar-refractivity contribution in [2.45, 2.75) is 19.9 Å². The van der Waals surface area contributed by atoms with Crippen LogP contribution in [0.2, 0.25) is 5.02 Å². The lowest BCUT2D eigenvalue weighted by Gasteiger charge is -2.25. The molecule has 0 saturated carbocycles. The fraction of sp³-hybridized carbons (Fsp3) is 0.143. The summed E-state index contributed by atoms with van der Waals surface area (Å²) in [5, 5.41) is 9.51. The second-order valence-corrected chi connectivity index (χ2v) is 9.82. The van der Waals surface area contributed by atoms with Crippen molar-refractivity contribution in [3.05, 3.63) is 114 Å². The summed E-state index contributed by atoms with van der Waals surface area (Å²) in [6.45, 7) is 3.60. The predicted octanol–water partition coefficient (Wildman–Crippen LogP) is 4.41. The molecule has 38 heavy (non-hydrogen) atoms. The number of carbonyl (C=O) groups excluding carboxylic acids is 1. The maximum atomic E-state index is 13.7. The van der Waals surface area contributed by atoms with E-state index in [0.717, 1.165) is 0 Å². The van der Waals surface area contributed by atoms with Crippen molar-refractivity contribution < 1.29 is 23.8 Å². The number of thiazole rings is 1. The molecule has 1 aliphatic heterocycles. The maximum Gasteiger partial charge on any atom is 0.338 e. The molecule has 0 aliphatic carbocycles. The molecule has 0 radical (unpaired) electrons. The van der Waals surface area contributed by atoms with Crippen LogP contribution in [0, 0.1) is 0 Å². The first-order valence-corrected chi connectivity index (χ1v) is 12.9. The number of carbonyl (C=O) groups is 2. The minimum absolute atomic E-state index is 0.173. The molecule has 1 atom stereocenters. The van der Waals surface area contributed by atoms with Gasteiger partial charge in [0.25, 0.3) is 5.56 Å². The second kappa shape index (κ2) is 10.3. The Morgan fingerprint density at radius 3 is 2.58 bits per heavy atom. The lowest BCUT2D eigenvalue weighted by Crippen LogP contribution is -2.40. The Kier molecular flexibility index (Phi) is 6.88. The van der Waals surface area contributed by atoms with Crippen molar-refractivity contribution in [1.29, 1.82) is 0 Å². The van der Waals surface area contributed by atoms with E-state index in [2.05, 4.69) is 4.99 Å². The van der Waals surface area contributed by atoms with E-state index in [0.29, 0.717) is 42.7 Å². The third-order valence-electron chi connectivity index (χ3n) is 6.03. The average Bonchev–Trinajstić information content (AvgIpc) is 3.48. The molecule has 0 amide bonds. The summed E-state index contributed by atoms with van der Waals surface area (Å²) in [7, 11) is 0. The normalized spacial score (nSPS) is 15.2. The van der Waals surface area contributed by atoms with Gasteiger partial charge in [0.15, 0.2) is 4.80 Å². The number of rotatable bonds is 6. The largest absolute Gasteiger partial charge is 0.478 e. The predicted molar refractivity (Wildman–Crippen MR) is 143 cm³/mol. The van der Waals surface area contributed by atoms with E-state index < -0.39 is 18.0 Å². The van der Waals surface area contributed by atoms with Crippen molar-refractivity contribution in [1.82, 2.24) is 4.57 Å². The summed E-state index contributed by atoms with van der Waals surface area (Å²) >= 11 is 7.70. The first kappa shape index (κ1) is 25.4. The van der Waals surface area contributed by atoms with Crippen LogP contribution in [-0.2, 0) is 9.53 Å². The van der Waals surface area contributed by atoms with E-state index in [-0.39, 0.29) is 23.3 Å². The van der Waals surface area contributed by atoms with Crippen LogP contribution in [0.25, 0.3) is 17.4 Å². The number of carboxylic acids is 1. The minimum atomic E-state index is -1.01. The van der Waals surface area contributed by atoms with Crippen LogP contribution in [0.1, 0.15) is 41.6 Å². The van der Waals surface area contributed by atoms with Crippen LogP contribution in [0.4, 0.5) is 0 Å². The van der Waals surface area contributed by atoms with Crippen LogP contribution in [0.5, 0.6) is 0 Å². The van der Waals surface area contributed by atoms with Gasteiger partial charge in [-0.2, -0.15) is 0 Å². The Balaban J connectivity index is 1.61. The number of aromatic nitrogens is 1. The molecule has 1 N–H and O–H groups in total. The summed E-state index contributed by atoms with van der Waals surface area (Å²) < 4.78 is 13.0. The summed E-state index contributed by atoms with van der Waals surface area (Å²) in [6.07, 6.45) is 1.62. The first-order valence-electron chi connectivity index (χ1n) is 11.7.